The zero-order valence-corrected chi connectivity index (χ0v) is 14.5. The van der Waals surface area contributed by atoms with Crippen LogP contribution in [0.1, 0.15) is 16.1 Å². The molecule has 25 heavy (non-hydrogen) atoms. The minimum Gasteiger partial charge on any atom is -0.327 e. The number of thiazole rings is 1. The lowest BCUT2D eigenvalue weighted by Gasteiger charge is -2.32. The lowest BCUT2D eigenvalue weighted by Crippen LogP contribution is -3.13. The number of hydrogen-bond acceptors (Lipinski definition) is 4. The third-order valence-electron chi connectivity index (χ3n) is 4.57. The van der Waals surface area contributed by atoms with Crippen LogP contribution in [-0.2, 0) is 6.54 Å². The van der Waals surface area contributed by atoms with Gasteiger partial charge in [-0.25, -0.2) is 4.98 Å². The predicted molar refractivity (Wildman–Crippen MR) is 96.1 cm³/mol. The number of amides is 1. The van der Waals surface area contributed by atoms with Gasteiger partial charge < -0.3 is 9.80 Å². The first-order valence-electron chi connectivity index (χ1n) is 8.34. The molecular formula is C18H19N4O2S+. The molecule has 3 heterocycles. The molecule has 0 bridgehead atoms. The van der Waals surface area contributed by atoms with Crippen molar-refractivity contribution in [2.24, 2.45) is 0 Å². The first kappa shape index (κ1) is 16.0. The Morgan fingerprint density at radius 2 is 1.96 bits per heavy atom. The van der Waals surface area contributed by atoms with E-state index in [2.05, 4.69) is 4.98 Å². The second kappa shape index (κ2) is 6.78. The van der Waals surface area contributed by atoms with E-state index in [1.54, 1.807) is 16.7 Å². The Morgan fingerprint density at radius 1 is 1.20 bits per heavy atom. The number of fused-ring (bicyclic) bond motifs is 1. The van der Waals surface area contributed by atoms with E-state index in [1.165, 1.54) is 16.2 Å². The third kappa shape index (κ3) is 3.33. The fourth-order valence-electron chi connectivity index (χ4n) is 3.20. The molecule has 2 aromatic heterocycles. The Hall–Kier alpha value is -2.51. The molecule has 3 aromatic rings. The summed E-state index contributed by atoms with van der Waals surface area (Å²) < 4.78 is 1.57. The third-order valence-corrected chi connectivity index (χ3v) is 5.32. The Bertz CT molecular complexity index is 942. The highest BCUT2D eigenvalue weighted by Gasteiger charge is 2.25. The van der Waals surface area contributed by atoms with E-state index in [1.807, 2.05) is 40.6 Å². The number of nitrogens with one attached hydrogen (secondary N) is 1. The second-order valence-electron chi connectivity index (χ2n) is 6.23. The van der Waals surface area contributed by atoms with Gasteiger partial charge in [-0.1, -0.05) is 18.2 Å². The average molecular weight is 355 g/mol. The molecule has 1 aliphatic heterocycles. The number of carbonyl (C=O) groups excluding carboxylic acids is 1. The monoisotopic (exact) mass is 355 g/mol. The number of piperazine rings is 1. The van der Waals surface area contributed by atoms with E-state index in [4.69, 9.17) is 0 Å². The summed E-state index contributed by atoms with van der Waals surface area (Å²) in [6.07, 6.45) is 1.75. The molecule has 0 aliphatic carbocycles. The molecule has 1 amide bonds. The summed E-state index contributed by atoms with van der Waals surface area (Å²) in [7, 11) is 0. The van der Waals surface area contributed by atoms with Crippen LogP contribution in [0.25, 0.3) is 4.96 Å². The number of quaternary nitrogens is 1. The van der Waals surface area contributed by atoms with Crippen molar-refractivity contribution in [3.8, 4) is 0 Å². The van der Waals surface area contributed by atoms with E-state index in [0.717, 1.165) is 48.9 Å². The average Bonchev–Trinajstić information content (AvgIpc) is 3.12. The SMILES string of the molecule is O=C(c1ccccc1)N1CC[NH+](Cc2cc(=O)n3ccsc3n2)CC1. The highest BCUT2D eigenvalue weighted by atomic mass is 32.1. The number of aromatic nitrogens is 2. The summed E-state index contributed by atoms with van der Waals surface area (Å²) in [5.74, 6) is 0.0935. The highest BCUT2D eigenvalue weighted by Crippen LogP contribution is 2.07. The molecule has 0 spiro atoms. The molecule has 0 unspecified atom stereocenters. The largest absolute Gasteiger partial charge is 0.327 e. The van der Waals surface area contributed by atoms with Crippen molar-refractivity contribution in [3.63, 3.8) is 0 Å². The number of benzene rings is 1. The van der Waals surface area contributed by atoms with Crippen molar-refractivity contribution in [2.45, 2.75) is 6.54 Å². The maximum atomic E-state index is 12.5. The molecule has 128 valence electrons. The highest BCUT2D eigenvalue weighted by molar-refractivity contribution is 7.15. The molecule has 1 saturated heterocycles. The van der Waals surface area contributed by atoms with Gasteiger partial charge in [0.15, 0.2) is 4.96 Å². The van der Waals surface area contributed by atoms with Crippen LogP contribution < -0.4 is 10.5 Å². The molecule has 1 aromatic carbocycles. The topological polar surface area (TPSA) is 59.1 Å². The van der Waals surface area contributed by atoms with E-state index < -0.39 is 0 Å². The normalized spacial score (nSPS) is 15.6. The van der Waals surface area contributed by atoms with E-state index in [0.29, 0.717) is 0 Å². The molecule has 6 nitrogen and oxygen atoms in total. The summed E-state index contributed by atoms with van der Waals surface area (Å²) >= 11 is 1.47. The maximum Gasteiger partial charge on any atom is 0.258 e. The fraction of sp³-hybridized carbons (Fsp3) is 0.278. The smallest absolute Gasteiger partial charge is 0.258 e. The van der Waals surface area contributed by atoms with Crippen molar-refractivity contribution < 1.29 is 9.69 Å². The maximum absolute atomic E-state index is 12.5. The second-order valence-corrected chi connectivity index (χ2v) is 7.10. The summed E-state index contributed by atoms with van der Waals surface area (Å²) in [4.78, 5) is 33.1. The van der Waals surface area contributed by atoms with Gasteiger partial charge in [0, 0.05) is 23.2 Å². The van der Waals surface area contributed by atoms with Crippen LogP contribution in [0.15, 0.2) is 52.8 Å². The van der Waals surface area contributed by atoms with E-state index in [9.17, 15) is 9.59 Å². The summed E-state index contributed by atoms with van der Waals surface area (Å²) in [6, 6.07) is 11.0. The van der Waals surface area contributed by atoms with Crippen LogP contribution in [0.2, 0.25) is 0 Å². The molecular weight excluding hydrogens is 336 g/mol. The van der Waals surface area contributed by atoms with Gasteiger partial charge in [-0.2, -0.15) is 0 Å². The summed E-state index contributed by atoms with van der Waals surface area (Å²) in [6.45, 7) is 3.90. The van der Waals surface area contributed by atoms with E-state index >= 15 is 0 Å². The number of rotatable bonds is 3. The summed E-state index contributed by atoms with van der Waals surface area (Å²) in [5.41, 5.74) is 1.53. The molecule has 0 saturated carbocycles. The van der Waals surface area contributed by atoms with Crippen molar-refractivity contribution in [1.82, 2.24) is 14.3 Å². The van der Waals surface area contributed by atoms with Crippen LogP contribution >= 0.6 is 11.3 Å². The summed E-state index contributed by atoms with van der Waals surface area (Å²) in [5, 5.41) is 1.87. The van der Waals surface area contributed by atoms with Crippen LogP contribution in [0, 0.1) is 0 Å². The van der Waals surface area contributed by atoms with Gasteiger partial charge in [0.25, 0.3) is 11.5 Å². The van der Waals surface area contributed by atoms with Crippen molar-refractivity contribution >= 4 is 22.2 Å². The Morgan fingerprint density at radius 3 is 2.72 bits per heavy atom. The van der Waals surface area contributed by atoms with Gasteiger partial charge in [-0.05, 0) is 12.1 Å². The van der Waals surface area contributed by atoms with Crippen molar-refractivity contribution in [2.75, 3.05) is 26.2 Å². The van der Waals surface area contributed by atoms with Crippen LogP contribution in [0.4, 0.5) is 0 Å². The zero-order chi connectivity index (χ0) is 17.2. The Balaban J connectivity index is 1.40. The van der Waals surface area contributed by atoms with Gasteiger partial charge >= 0.3 is 0 Å². The standard InChI is InChI=1S/C18H18N4O2S/c23-16-12-15(19-18-22(16)10-11-25-18)13-20-6-8-21(9-7-20)17(24)14-4-2-1-3-5-14/h1-5,10-12H,6-9,13H2/p+1. The van der Waals surface area contributed by atoms with Gasteiger partial charge in [0.1, 0.15) is 12.2 Å². The Kier molecular flexibility index (Phi) is 4.33. The Labute approximate surface area is 149 Å². The quantitative estimate of drug-likeness (QED) is 0.735. The number of hydrogen-bond donors (Lipinski definition) is 1. The lowest BCUT2D eigenvalue weighted by atomic mass is 10.2. The number of carbonyl (C=O) groups is 1. The molecule has 0 radical (unpaired) electrons. The lowest BCUT2D eigenvalue weighted by molar-refractivity contribution is -0.917. The first-order valence-corrected chi connectivity index (χ1v) is 9.22. The fourth-order valence-corrected chi connectivity index (χ4v) is 3.94. The minimum atomic E-state index is -0.0291. The van der Waals surface area contributed by atoms with Gasteiger partial charge in [-0.3, -0.25) is 14.0 Å². The van der Waals surface area contributed by atoms with E-state index in [-0.39, 0.29) is 11.5 Å². The first-order chi connectivity index (χ1) is 12.2. The molecule has 1 N–H and O–H groups in total. The van der Waals surface area contributed by atoms with Crippen LogP contribution in [0.3, 0.4) is 0 Å². The number of nitrogens with zero attached hydrogens (tertiary/aromatic N) is 3. The van der Waals surface area contributed by atoms with Gasteiger partial charge in [-0.15, -0.1) is 11.3 Å². The molecule has 1 fully saturated rings. The van der Waals surface area contributed by atoms with Crippen molar-refractivity contribution in [1.29, 1.82) is 0 Å². The van der Waals surface area contributed by atoms with Crippen molar-refractivity contribution in [3.05, 3.63) is 69.6 Å². The molecule has 0 atom stereocenters. The minimum absolute atomic E-state index is 0.0291. The molecule has 1 aliphatic rings. The predicted octanol–water partition coefficient (Wildman–Crippen LogP) is 0.297. The van der Waals surface area contributed by atoms with Gasteiger partial charge in [0.05, 0.1) is 26.2 Å². The molecule has 4 rings (SSSR count). The van der Waals surface area contributed by atoms with Crippen LogP contribution in [-0.4, -0.2) is 46.4 Å². The van der Waals surface area contributed by atoms with Gasteiger partial charge in [0.2, 0.25) is 0 Å². The zero-order valence-electron chi connectivity index (χ0n) is 13.7. The molecule has 7 heteroatoms. The van der Waals surface area contributed by atoms with Crippen LogP contribution in [0.5, 0.6) is 0 Å².